The fourth-order valence-corrected chi connectivity index (χ4v) is 1.01. The highest BCUT2D eigenvalue weighted by molar-refractivity contribution is 5.75. The van der Waals surface area contributed by atoms with Gasteiger partial charge in [-0.05, 0) is 26.7 Å². The van der Waals surface area contributed by atoms with Gasteiger partial charge >= 0.3 is 6.03 Å². The number of hydrogen-bond acceptors (Lipinski definition) is 2. The molecule has 0 unspecified atom stereocenters. The van der Waals surface area contributed by atoms with Crippen LogP contribution in [0, 0.1) is 0 Å². The Hall–Kier alpha value is -0.770. The van der Waals surface area contributed by atoms with Crippen molar-refractivity contribution in [2.45, 2.75) is 38.3 Å². The van der Waals surface area contributed by atoms with E-state index in [0.29, 0.717) is 0 Å². The van der Waals surface area contributed by atoms with E-state index in [0.717, 1.165) is 12.8 Å². The van der Waals surface area contributed by atoms with Crippen LogP contribution in [0.25, 0.3) is 0 Å². The quantitative estimate of drug-likeness (QED) is 0.570. The number of rotatable bonds is 3. The molecular formula is C8H16N2O2. The summed E-state index contributed by atoms with van der Waals surface area (Å²) in [7, 11) is 0. The van der Waals surface area contributed by atoms with E-state index < -0.39 is 0 Å². The maximum atomic E-state index is 11.1. The van der Waals surface area contributed by atoms with E-state index in [1.165, 1.54) is 0 Å². The molecule has 1 fully saturated rings. The van der Waals surface area contributed by atoms with Crippen LogP contribution in [-0.2, 0) is 0 Å². The molecule has 2 amide bonds. The van der Waals surface area contributed by atoms with E-state index in [1.54, 1.807) is 0 Å². The van der Waals surface area contributed by atoms with Gasteiger partial charge in [0.1, 0.15) is 0 Å². The van der Waals surface area contributed by atoms with Crippen LogP contribution >= 0.6 is 0 Å². The minimum atomic E-state index is -0.307. The van der Waals surface area contributed by atoms with Crippen LogP contribution in [-0.4, -0.2) is 29.3 Å². The highest BCUT2D eigenvalue weighted by Gasteiger charge is 2.43. The Morgan fingerprint density at radius 1 is 1.58 bits per heavy atom. The standard InChI is InChI=1S/C8H16N2O2/c1-6(2)9-7(12)10-8(5-11)3-4-8/h6,11H,3-5H2,1-2H3,(H2,9,10,12). The number of nitrogens with one attached hydrogen (secondary N) is 2. The Bertz CT molecular complexity index is 176. The van der Waals surface area contributed by atoms with Crippen molar-refractivity contribution in [1.29, 1.82) is 0 Å². The fourth-order valence-electron chi connectivity index (χ4n) is 1.01. The molecule has 0 spiro atoms. The molecule has 0 bridgehead atoms. The zero-order valence-electron chi connectivity index (χ0n) is 7.55. The van der Waals surface area contributed by atoms with Gasteiger partial charge in [-0.15, -0.1) is 0 Å². The van der Waals surface area contributed by atoms with Gasteiger partial charge in [0.15, 0.2) is 0 Å². The molecule has 0 saturated heterocycles. The third kappa shape index (κ3) is 2.37. The molecule has 70 valence electrons. The zero-order valence-corrected chi connectivity index (χ0v) is 7.55. The summed E-state index contributed by atoms with van der Waals surface area (Å²) >= 11 is 0. The number of carbonyl (C=O) groups is 1. The number of aliphatic hydroxyl groups is 1. The molecule has 1 aliphatic rings. The molecule has 0 aliphatic heterocycles. The molecule has 0 aromatic heterocycles. The first-order chi connectivity index (χ1) is 5.58. The minimum Gasteiger partial charge on any atom is -0.394 e. The predicted molar refractivity (Wildman–Crippen MR) is 45.9 cm³/mol. The molecule has 0 aromatic carbocycles. The second-order valence-electron chi connectivity index (χ2n) is 3.69. The number of carbonyl (C=O) groups excluding carboxylic acids is 1. The van der Waals surface area contributed by atoms with Crippen LogP contribution < -0.4 is 10.6 Å². The average molecular weight is 172 g/mol. The molecule has 3 N–H and O–H groups in total. The van der Waals surface area contributed by atoms with E-state index in [1.807, 2.05) is 13.8 Å². The lowest BCUT2D eigenvalue weighted by molar-refractivity contribution is 0.208. The largest absolute Gasteiger partial charge is 0.394 e. The third-order valence-corrected chi connectivity index (χ3v) is 1.95. The van der Waals surface area contributed by atoms with E-state index in [2.05, 4.69) is 10.6 Å². The van der Waals surface area contributed by atoms with Gasteiger partial charge in [-0.3, -0.25) is 0 Å². The Balaban J connectivity index is 2.26. The second-order valence-corrected chi connectivity index (χ2v) is 3.69. The van der Waals surface area contributed by atoms with Gasteiger partial charge in [-0.2, -0.15) is 0 Å². The van der Waals surface area contributed by atoms with Crippen LogP contribution in [0.4, 0.5) is 4.79 Å². The normalized spacial score (nSPS) is 19.0. The van der Waals surface area contributed by atoms with Gasteiger partial charge in [0, 0.05) is 6.04 Å². The van der Waals surface area contributed by atoms with Gasteiger partial charge < -0.3 is 15.7 Å². The Morgan fingerprint density at radius 3 is 2.50 bits per heavy atom. The molecule has 1 rings (SSSR count). The molecule has 1 saturated carbocycles. The van der Waals surface area contributed by atoms with Crippen molar-refractivity contribution in [2.24, 2.45) is 0 Å². The summed E-state index contributed by atoms with van der Waals surface area (Å²) in [5.41, 5.74) is -0.307. The van der Waals surface area contributed by atoms with Gasteiger partial charge in [-0.25, -0.2) is 4.79 Å². The minimum absolute atomic E-state index is 0.0402. The molecular weight excluding hydrogens is 156 g/mol. The average Bonchev–Trinajstić information content (AvgIpc) is 2.67. The molecule has 0 radical (unpaired) electrons. The summed E-state index contributed by atoms with van der Waals surface area (Å²) in [6.07, 6.45) is 1.77. The van der Waals surface area contributed by atoms with Crippen molar-refractivity contribution >= 4 is 6.03 Å². The Kier molecular flexibility index (Phi) is 2.57. The SMILES string of the molecule is CC(C)NC(=O)NC1(CO)CC1. The Labute approximate surface area is 72.3 Å². The summed E-state index contributed by atoms with van der Waals surface area (Å²) in [5.74, 6) is 0. The van der Waals surface area contributed by atoms with Gasteiger partial charge in [0.2, 0.25) is 0 Å². The number of hydrogen-bond donors (Lipinski definition) is 3. The van der Waals surface area contributed by atoms with E-state index in [9.17, 15) is 4.79 Å². The molecule has 4 heteroatoms. The second kappa shape index (κ2) is 3.31. The summed E-state index contributed by atoms with van der Waals surface area (Å²) < 4.78 is 0. The van der Waals surface area contributed by atoms with Crippen LogP contribution in [0.1, 0.15) is 26.7 Å². The van der Waals surface area contributed by atoms with E-state index in [4.69, 9.17) is 5.11 Å². The van der Waals surface area contributed by atoms with Gasteiger partial charge in [0.25, 0.3) is 0 Å². The van der Waals surface area contributed by atoms with Crippen molar-refractivity contribution in [3.8, 4) is 0 Å². The predicted octanol–water partition coefficient (Wildman–Crippen LogP) is 0.219. The first-order valence-corrected chi connectivity index (χ1v) is 4.27. The maximum absolute atomic E-state index is 11.1. The highest BCUT2D eigenvalue weighted by atomic mass is 16.3. The van der Waals surface area contributed by atoms with Crippen molar-refractivity contribution < 1.29 is 9.90 Å². The molecule has 0 heterocycles. The molecule has 12 heavy (non-hydrogen) atoms. The van der Waals surface area contributed by atoms with Gasteiger partial charge in [0.05, 0.1) is 12.1 Å². The van der Waals surface area contributed by atoms with E-state index in [-0.39, 0.29) is 24.2 Å². The molecule has 4 nitrogen and oxygen atoms in total. The van der Waals surface area contributed by atoms with Crippen LogP contribution in [0.2, 0.25) is 0 Å². The smallest absolute Gasteiger partial charge is 0.315 e. The Morgan fingerprint density at radius 2 is 2.17 bits per heavy atom. The topological polar surface area (TPSA) is 61.4 Å². The first kappa shape index (κ1) is 9.32. The summed E-state index contributed by atoms with van der Waals surface area (Å²) in [6.45, 7) is 3.84. The van der Waals surface area contributed by atoms with Crippen LogP contribution in [0.15, 0.2) is 0 Å². The van der Waals surface area contributed by atoms with Crippen molar-refractivity contribution in [1.82, 2.24) is 10.6 Å². The summed E-state index contributed by atoms with van der Waals surface area (Å²) in [5, 5.41) is 14.4. The van der Waals surface area contributed by atoms with Crippen LogP contribution in [0.5, 0.6) is 0 Å². The maximum Gasteiger partial charge on any atom is 0.315 e. The number of amides is 2. The van der Waals surface area contributed by atoms with Crippen molar-refractivity contribution in [3.63, 3.8) is 0 Å². The molecule has 0 atom stereocenters. The lowest BCUT2D eigenvalue weighted by Gasteiger charge is -2.16. The third-order valence-electron chi connectivity index (χ3n) is 1.95. The molecule has 0 aromatic rings. The highest BCUT2D eigenvalue weighted by Crippen LogP contribution is 2.34. The summed E-state index contributed by atoms with van der Waals surface area (Å²) in [6, 6.07) is -0.0453. The first-order valence-electron chi connectivity index (χ1n) is 4.27. The molecule has 1 aliphatic carbocycles. The van der Waals surface area contributed by atoms with Gasteiger partial charge in [-0.1, -0.05) is 0 Å². The van der Waals surface area contributed by atoms with Crippen molar-refractivity contribution in [3.05, 3.63) is 0 Å². The monoisotopic (exact) mass is 172 g/mol. The number of aliphatic hydroxyl groups excluding tert-OH is 1. The zero-order chi connectivity index (χ0) is 9.19. The lowest BCUT2D eigenvalue weighted by Crippen LogP contribution is -2.47. The lowest BCUT2D eigenvalue weighted by atomic mass is 10.3. The number of urea groups is 1. The van der Waals surface area contributed by atoms with Crippen molar-refractivity contribution in [2.75, 3.05) is 6.61 Å². The van der Waals surface area contributed by atoms with E-state index >= 15 is 0 Å². The fraction of sp³-hybridized carbons (Fsp3) is 0.875. The summed E-state index contributed by atoms with van der Waals surface area (Å²) in [4.78, 5) is 11.1. The van der Waals surface area contributed by atoms with Crippen LogP contribution in [0.3, 0.4) is 0 Å².